The SMILES string of the molecule is CCCCN(C(=O)CCn1c(=O)n(C)c2ccccc21)c1c(N)n(CCC)c(=O)[nH]c1=O. The van der Waals surface area contributed by atoms with Crippen molar-refractivity contribution in [3.63, 3.8) is 0 Å². The molecule has 0 atom stereocenters. The van der Waals surface area contributed by atoms with Crippen molar-refractivity contribution in [3.05, 3.63) is 55.6 Å². The highest BCUT2D eigenvalue weighted by molar-refractivity contribution is 5.95. The Balaban J connectivity index is 1.96. The van der Waals surface area contributed by atoms with Crippen LogP contribution in [0.2, 0.25) is 0 Å². The predicted octanol–water partition coefficient (Wildman–Crippen LogP) is 1.41. The van der Waals surface area contributed by atoms with E-state index in [4.69, 9.17) is 5.73 Å². The van der Waals surface area contributed by atoms with Crippen molar-refractivity contribution in [1.82, 2.24) is 18.7 Å². The number of carbonyl (C=O) groups excluding carboxylic acids is 1. The van der Waals surface area contributed by atoms with Crippen molar-refractivity contribution >= 4 is 28.4 Å². The molecule has 0 aliphatic heterocycles. The summed E-state index contributed by atoms with van der Waals surface area (Å²) in [6, 6.07) is 7.37. The standard InChI is InChI=1S/C22H30N6O4/c1-4-6-13-27(18-19(23)28(12-5-2)21(31)24-20(18)30)17(29)11-14-26-16-10-8-7-9-15(16)25(3)22(26)32/h7-10H,4-6,11-14,23H2,1-3H3,(H,24,30,31). The molecule has 2 aromatic heterocycles. The van der Waals surface area contributed by atoms with E-state index >= 15 is 0 Å². The minimum Gasteiger partial charge on any atom is -0.383 e. The number of unbranched alkanes of at least 4 members (excludes halogenated alkanes) is 1. The van der Waals surface area contributed by atoms with Gasteiger partial charge in [-0.2, -0.15) is 0 Å². The Kier molecular flexibility index (Phi) is 7.01. The van der Waals surface area contributed by atoms with Gasteiger partial charge in [0.25, 0.3) is 5.56 Å². The number of aromatic nitrogens is 4. The van der Waals surface area contributed by atoms with Crippen molar-refractivity contribution < 1.29 is 4.79 Å². The summed E-state index contributed by atoms with van der Waals surface area (Å²) in [4.78, 5) is 54.3. The summed E-state index contributed by atoms with van der Waals surface area (Å²) in [5.41, 5.74) is 6.19. The third-order valence-electron chi connectivity index (χ3n) is 5.57. The highest BCUT2D eigenvalue weighted by Crippen LogP contribution is 2.19. The number of carbonyl (C=O) groups is 1. The molecule has 0 aliphatic rings. The molecule has 0 aliphatic carbocycles. The fourth-order valence-corrected chi connectivity index (χ4v) is 3.88. The molecular formula is C22H30N6O4. The van der Waals surface area contributed by atoms with E-state index in [2.05, 4.69) is 4.98 Å². The molecule has 1 aromatic carbocycles. The molecule has 0 fully saturated rings. The lowest BCUT2D eigenvalue weighted by molar-refractivity contribution is -0.118. The van der Waals surface area contributed by atoms with Gasteiger partial charge in [0.15, 0.2) is 5.69 Å². The van der Waals surface area contributed by atoms with Crippen molar-refractivity contribution in [1.29, 1.82) is 0 Å². The van der Waals surface area contributed by atoms with Gasteiger partial charge >= 0.3 is 11.4 Å². The first-order valence-corrected chi connectivity index (χ1v) is 10.9. The molecule has 0 unspecified atom stereocenters. The normalized spacial score (nSPS) is 11.2. The number of para-hydroxylation sites is 2. The molecule has 0 saturated heterocycles. The number of H-pyrrole nitrogens is 1. The fraction of sp³-hybridized carbons (Fsp3) is 0.455. The minimum absolute atomic E-state index is 0.00339. The van der Waals surface area contributed by atoms with Crippen molar-refractivity contribution in [3.8, 4) is 0 Å². The summed E-state index contributed by atoms with van der Waals surface area (Å²) < 4.78 is 4.37. The first-order chi connectivity index (χ1) is 15.3. The van der Waals surface area contributed by atoms with Crippen LogP contribution in [0, 0.1) is 0 Å². The van der Waals surface area contributed by atoms with E-state index in [1.165, 1.54) is 14.0 Å². The molecule has 0 spiro atoms. The quantitative estimate of drug-likeness (QED) is 0.518. The van der Waals surface area contributed by atoms with Crippen LogP contribution in [0.15, 0.2) is 38.6 Å². The molecule has 3 rings (SSSR count). The number of aryl methyl sites for hydroxylation is 2. The van der Waals surface area contributed by atoms with E-state index in [1.54, 1.807) is 11.6 Å². The van der Waals surface area contributed by atoms with Gasteiger partial charge in [-0.3, -0.25) is 28.3 Å². The van der Waals surface area contributed by atoms with Gasteiger partial charge in [-0.1, -0.05) is 32.4 Å². The van der Waals surface area contributed by atoms with Gasteiger partial charge in [-0.05, 0) is 25.0 Å². The van der Waals surface area contributed by atoms with Crippen LogP contribution >= 0.6 is 0 Å². The monoisotopic (exact) mass is 442 g/mol. The fourth-order valence-electron chi connectivity index (χ4n) is 3.88. The Hall–Kier alpha value is -3.56. The van der Waals surface area contributed by atoms with Gasteiger partial charge in [-0.15, -0.1) is 0 Å². The number of nitrogens with zero attached hydrogens (tertiary/aromatic N) is 4. The van der Waals surface area contributed by atoms with Crippen LogP contribution in [0.25, 0.3) is 11.0 Å². The number of rotatable bonds is 9. The Bertz CT molecular complexity index is 1300. The van der Waals surface area contributed by atoms with Crippen LogP contribution in [0.3, 0.4) is 0 Å². The number of amides is 1. The zero-order chi connectivity index (χ0) is 23.4. The van der Waals surface area contributed by atoms with Crippen LogP contribution in [-0.2, 0) is 24.9 Å². The summed E-state index contributed by atoms with van der Waals surface area (Å²) in [7, 11) is 1.69. The maximum absolute atomic E-state index is 13.2. The number of nitrogens with two attached hydrogens (primary N) is 1. The zero-order valence-corrected chi connectivity index (χ0v) is 18.8. The second-order valence-electron chi connectivity index (χ2n) is 7.78. The second kappa shape index (κ2) is 9.71. The van der Waals surface area contributed by atoms with E-state index in [0.29, 0.717) is 19.4 Å². The molecule has 172 valence electrons. The Morgan fingerprint density at radius 3 is 2.38 bits per heavy atom. The maximum atomic E-state index is 13.2. The van der Waals surface area contributed by atoms with Crippen LogP contribution < -0.4 is 27.6 Å². The molecule has 0 bridgehead atoms. The maximum Gasteiger partial charge on any atom is 0.330 e. The lowest BCUT2D eigenvalue weighted by atomic mass is 10.2. The van der Waals surface area contributed by atoms with E-state index < -0.39 is 11.2 Å². The highest BCUT2D eigenvalue weighted by atomic mass is 16.2. The van der Waals surface area contributed by atoms with Crippen molar-refractivity contribution in [2.45, 2.75) is 52.6 Å². The molecule has 0 radical (unpaired) electrons. The average molecular weight is 443 g/mol. The molecule has 10 nitrogen and oxygen atoms in total. The summed E-state index contributed by atoms with van der Waals surface area (Å²) in [6.45, 7) is 4.64. The van der Waals surface area contributed by atoms with Gasteiger partial charge in [0.1, 0.15) is 5.82 Å². The third kappa shape index (κ3) is 4.25. The first-order valence-electron chi connectivity index (χ1n) is 10.9. The Labute approximate surface area is 184 Å². The van der Waals surface area contributed by atoms with Gasteiger partial charge in [0.05, 0.1) is 11.0 Å². The van der Waals surface area contributed by atoms with Crippen molar-refractivity contribution in [2.24, 2.45) is 7.05 Å². The summed E-state index contributed by atoms with van der Waals surface area (Å²) in [5.74, 6) is -0.357. The number of nitrogen functional groups attached to an aromatic ring is 1. The second-order valence-corrected chi connectivity index (χ2v) is 7.78. The topological polar surface area (TPSA) is 128 Å². The molecule has 1 amide bonds. The number of aromatic amines is 1. The predicted molar refractivity (Wildman–Crippen MR) is 125 cm³/mol. The average Bonchev–Trinajstić information content (AvgIpc) is 3.01. The first kappa shape index (κ1) is 23.1. The van der Waals surface area contributed by atoms with E-state index in [-0.39, 0.29) is 42.6 Å². The lowest BCUT2D eigenvalue weighted by Crippen LogP contribution is -2.42. The highest BCUT2D eigenvalue weighted by Gasteiger charge is 2.24. The van der Waals surface area contributed by atoms with E-state index in [9.17, 15) is 19.2 Å². The summed E-state index contributed by atoms with van der Waals surface area (Å²) in [5, 5.41) is 0. The zero-order valence-electron chi connectivity index (χ0n) is 18.8. The number of imidazole rings is 1. The third-order valence-corrected chi connectivity index (χ3v) is 5.57. The molecule has 0 saturated carbocycles. The number of hydrogen-bond acceptors (Lipinski definition) is 5. The largest absolute Gasteiger partial charge is 0.383 e. The van der Waals surface area contributed by atoms with Crippen molar-refractivity contribution in [2.75, 3.05) is 17.2 Å². The van der Waals surface area contributed by atoms with Crippen LogP contribution in [0.1, 0.15) is 39.5 Å². The molecule has 3 aromatic rings. The molecule has 2 heterocycles. The molecule has 3 N–H and O–H groups in total. The Morgan fingerprint density at radius 2 is 1.72 bits per heavy atom. The number of nitrogens with one attached hydrogen (secondary N) is 1. The smallest absolute Gasteiger partial charge is 0.330 e. The summed E-state index contributed by atoms with van der Waals surface area (Å²) >= 11 is 0. The number of anilines is 2. The lowest BCUT2D eigenvalue weighted by Gasteiger charge is -2.24. The Morgan fingerprint density at radius 1 is 1.03 bits per heavy atom. The summed E-state index contributed by atoms with van der Waals surface area (Å²) in [6.07, 6.45) is 2.11. The van der Waals surface area contributed by atoms with Crippen LogP contribution in [0.4, 0.5) is 11.5 Å². The van der Waals surface area contributed by atoms with Gasteiger partial charge in [0, 0.05) is 33.1 Å². The van der Waals surface area contributed by atoms with E-state index in [1.807, 2.05) is 38.1 Å². The van der Waals surface area contributed by atoms with Gasteiger partial charge in [0.2, 0.25) is 5.91 Å². The number of hydrogen-bond donors (Lipinski definition) is 2. The molecular weight excluding hydrogens is 412 g/mol. The molecule has 10 heteroatoms. The van der Waals surface area contributed by atoms with Crippen LogP contribution in [-0.4, -0.2) is 31.1 Å². The number of benzene rings is 1. The van der Waals surface area contributed by atoms with Gasteiger partial charge < -0.3 is 10.6 Å². The minimum atomic E-state index is -0.688. The number of fused-ring (bicyclic) bond motifs is 1. The van der Waals surface area contributed by atoms with Crippen LogP contribution in [0.5, 0.6) is 0 Å². The van der Waals surface area contributed by atoms with Gasteiger partial charge in [-0.25, -0.2) is 9.59 Å². The van der Waals surface area contributed by atoms with E-state index in [0.717, 1.165) is 17.5 Å². The molecule has 32 heavy (non-hydrogen) atoms.